The molecule has 1 aliphatic carbocycles. The molecule has 1 unspecified atom stereocenters. The van der Waals surface area contributed by atoms with Crippen LogP contribution in [0.3, 0.4) is 0 Å². The summed E-state index contributed by atoms with van der Waals surface area (Å²) >= 11 is 0. The average molecular weight is 224 g/mol. The Labute approximate surface area is 101 Å². The van der Waals surface area contributed by atoms with Crippen LogP contribution >= 0.6 is 0 Å². The van der Waals surface area contributed by atoms with Crippen molar-refractivity contribution in [1.82, 2.24) is 10.2 Å². The van der Waals surface area contributed by atoms with Gasteiger partial charge < -0.3 is 5.32 Å². The molecule has 0 aromatic rings. The lowest BCUT2D eigenvalue weighted by Gasteiger charge is -2.41. The van der Waals surface area contributed by atoms with Gasteiger partial charge in [-0.25, -0.2) is 0 Å². The van der Waals surface area contributed by atoms with Gasteiger partial charge in [-0.3, -0.25) is 4.90 Å². The van der Waals surface area contributed by atoms with Gasteiger partial charge in [0.15, 0.2) is 0 Å². The van der Waals surface area contributed by atoms with E-state index in [4.69, 9.17) is 0 Å². The van der Waals surface area contributed by atoms with Crippen molar-refractivity contribution in [2.24, 2.45) is 5.92 Å². The monoisotopic (exact) mass is 224 g/mol. The van der Waals surface area contributed by atoms with E-state index in [1.165, 1.54) is 38.6 Å². The van der Waals surface area contributed by atoms with Crippen molar-refractivity contribution in [3.8, 4) is 0 Å². The van der Waals surface area contributed by atoms with Crippen LogP contribution in [0.25, 0.3) is 0 Å². The molecule has 2 fully saturated rings. The number of rotatable bonds is 5. The molecule has 94 valence electrons. The second-order valence-corrected chi connectivity index (χ2v) is 5.83. The molecule has 0 aromatic heterocycles. The van der Waals surface area contributed by atoms with E-state index in [0.717, 1.165) is 30.6 Å². The molecule has 1 N–H and O–H groups in total. The lowest BCUT2D eigenvalue weighted by atomic mass is 9.96. The molecule has 0 aromatic carbocycles. The minimum Gasteiger partial charge on any atom is -0.313 e. The zero-order valence-electron chi connectivity index (χ0n) is 11.2. The molecule has 16 heavy (non-hydrogen) atoms. The van der Waals surface area contributed by atoms with Gasteiger partial charge in [0.25, 0.3) is 0 Å². The summed E-state index contributed by atoms with van der Waals surface area (Å²) in [6.45, 7) is 9.45. The van der Waals surface area contributed by atoms with E-state index in [0.29, 0.717) is 0 Å². The Morgan fingerprint density at radius 3 is 2.25 bits per heavy atom. The van der Waals surface area contributed by atoms with Crippen LogP contribution < -0.4 is 5.32 Å². The number of hydrogen-bond acceptors (Lipinski definition) is 2. The summed E-state index contributed by atoms with van der Waals surface area (Å²) in [5.41, 5.74) is 0. The molecule has 1 saturated carbocycles. The van der Waals surface area contributed by atoms with Crippen molar-refractivity contribution >= 4 is 0 Å². The Morgan fingerprint density at radius 1 is 1.12 bits per heavy atom. The van der Waals surface area contributed by atoms with Gasteiger partial charge in [-0.2, -0.15) is 0 Å². The predicted molar refractivity (Wildman–Crippen MR) is 69.7 cm³/mol. The third kappa shape index (κ3) is 2.98. The van der Waals surface area contributed by atoms with Gasteiger partial charge in [0.2, 0.25) is 0 Å². The van der Waals surface area contributed by atoms with Gasteiger partial charge in [-0.05, 0) is 52.0 Å². The van der Waals surface area contributed by atoms with Gasteiger partial charge in [-0.1, -0.05) is 13.3 Å². The number of nitrogens with zero attached hydrogens (tertiary/aromatic N) is 1. The van der Waals surface area contributed by atoms with Crippen LogP contribution in [0.5, 0.6) is 0 Å². The van der Waals surface area contributed by atoms with Crippen molar-refractivity contribution in [1.29, 1.82) is 0 Å². The Kier molecular flexibility index (Phi) is 4.26. The zero-order chi connectivity index (χ0) is 11.5. The average Bonchev–Trinajstić information content (AvgIpc) is 3.06. The Bertz CT molecular complexity index is 203. The quantitative estimate of drug-likeness (QED) is 0.772. The lowest BCUT2D eigenvalue weighted by molar-refractivity contribution is 0.0877. The van der Waals surface area contributed by atoms with Crippen LogP contribution in [0.15, 0.2) is 0 Å². The van der Waals surface area contributed by atoms with Gasteiger partial charge in [-0.15, -0.1) is 0 Å². The molecule has 1 saturated heterocycles. The van der Waals surface area contributed by atoms with Crippen molar-refractivity contribution in [2.45, 2.75) is 71.0 Å². The van der Waals surface area contributed by atoms with E-state index < -0.39 is 0 Å². The third-order valence-electron chi connectivity index (χ3n) is 4.44. The highest BCUT2D eigenvalue weighted by Crippen LogP contribution is 2.34. The molecule has 1 aliphatic heterocycles. The van der Waals surface area contributed by atoms with Crippen LogP contribution in [0.4, 0.5) is 0 Å². The zero-order valence-corrected chi connectivity index (χ0v) is 11.2. The third-order valence-corrected chi connectivity index (χ3v) is 4.44. The first-order valence-corrected chi connectivity index (χ1v) is 7.21. The largest absolute Gasteiger partial charge is 0.313 e. The number of likely N-dealkylation sites (tertiary alicyclic amines) is 1. The molecule has 3 atom stereocenters. The number of hydrogen-bond donors (Lipinski definition) is 1. The number of piperidine rings is 1. The molecule has 2 nitrogen and oxygen atoms in total. The molecule has 2 rings (SSSR count). The minimum absolute atomic E-state index is 0.757. The van der Waals surface area contributed by atoms with E-state index in [1.54, 1.807) is 0 Å². The first kappa shape index (κ1) is 12.4. The molecule has 0 bridgehead atoms. The summed E-state index contributed by atoms with van der Waals surface area (Å²) in [7, 11) is 0. The van der Waals surface area contributed by atoms with E-state index in [2.05, 4.69) is 31.0 Å². The van der Waals surface area contributed by atoms with Crippen molar-refractivity contribution < 1.29 is 0 Å². The van der Waals surface area contributed by atoms with E-state index in [9.17, 15) is 0 Å². The standard InChI is InChI=1S/C14H28N2/c1-4-15-14(13-8-9-13)10-16-11(2)6-5-7-12(16)3/h11-15H,4-10H2,1-3H3/t11-,12+,14?. The van der Waals surface area contributed by atoms with Gasteiger partial charge >= 0.3 is 0 Å². The second-order valence-electron chi connectivity index (χ2n) is 5.83. The lowest BCUT2D eigenvalue weighted by Crippen LogP contribution is -2.51. The highest BCUT2D eigenvalue weighted by Gasteiger charge is 2.34. The van der Waals surface area contributed by atoms with Crippen LogP contribution in [0.1, 0.15) is 52.9 Å². The predicted octanol–water partition coefficient (Wildman–Crippen LogP) is 2.64. The smallest absolute Gasteiger partial charge is 0.0223 e. The van der Waals surface area contributed by atoms with Crippen LogP contribution in [0.2, 0.25) is 0 Å². The number of likely N-dealkylation sites (N-methyl/N-ethyl adjacent to an activating group) is 1. The van der Waals surface area contributed by atoms with Crippen molar-refractivity contribution in [3.05, 3.63) is 0 Å². The maximum Gasteiger partial charge on any atom is 0.0223 e. The first-order chi connectivity index (χ1) is 7.72. The van der Waals surface area contributed by atoms with E-state index in [-0.39, 0.29) is 0 Å². The van der Waals surface area contributed by atoms with Gasteiger partial charge in [0.05, 0.1) is 0 Å². The molecule has 0 spiro atoms. The van der Waals surface area contributed by atoms with Crippen molar-refractivity contribution in [3.63, 3.8) is 0 Å². The molecule has 2 aliphatic rings. The summed E-state index contributed by atoms with van der Waals surface area (Å²) in [4.78, 5) is 2.75. The summed E-state index contributed by atoms with van der Waals surface area (Å²) < 4.78 is 0. The molecule has 0 radical (unpaired) electrons. The topological polar surface area (TPSA) is 15.3 Å². The fourth-order valence-electron chi connectivity index (χ4n) is 3.20. The van der Waals surface area contributed by atoms with Crippen LogP contribution in [0, 0.1) is 5.92 Å². The maximum absolute atomic E-state index is 3.69. The summed E-state index contributed by atoms with van der Waals surface area (Å²) in [5.74, 6) is 0.973. The fraction of sp³-hybridized carbons (Fsp3) is 1.00. The minimum atomic E-state index is 0.757. The highest BCUT2D eigenvalue weighted by molar-refractivity contribution is 4.91. The molecule has 1 heterocycles. The van der Waals surface area contributed by atoms with Gasteiger partial charge in [0, 0.05) is 24.7 Å². The normalized spacial score (nSPS) is 33.9. The Hall–Kier alpha value is -0.0800. The Morgan fingerprint density at radius 2 is 1.75 bits per heavy atom. The van der Waals surface area contributed by atoms with Gasteiger partial charge in [0.1, 0.15) is 0 Å². The summed E-state index contributed by atoms with van der Waals surface area (Å²) in [6, 6.07) is 2.35. The maximum atomic E-state index is 3.69. The molecular formula is C14H28N2. The van der Waals surface area contributed by atoms with Crippen LogP contribution in [-0.2, 0) is 0 Å². The molecule has 2 heteroatoms. The van der Waals surface area contributed by atoms with E-state index >= 15 is 0 Å². The van der Waals surface area contributed by atoms with Crippen LogP contribution in [-0.4, -0.2) is 36.1 Å². The summed E-state index contributed by atoms with van der Waals surface area (Å²) in [6.07, 6.45) is 7.12. The van der Waals surface area contributed by atoms with Crippen molar-refractivity contribution in [2.75, 3.05) is 13.1 Å². The van der Waals surface area contributed by atoms with E-state index in [1.807, 2.05) is 0 Å². The highest BCUT2D eigenvalue weighted by atomic mass is 15.2. The summed E-state index contributed by atoms with van der Waals surface area (Å²) in [5, 5.41) is 3.69. The second kappa shape index (κ2) is 5.50. The Balaban J connectivity index is 1.88. The first-order valence-electron chi connectivity index (χ1n) is 7.21. The SMILES string of the molecule is CCNC(CN1[C@H](C)CCC[C@@H]1C)C1CC1. The molecular weight excluding hydrogens is 196 g/mol. The number of nitrogens with one attached hydrogen (secondary N) is 1. The fourth-order valence-corrected chi connectivity index (χ4v) is 3.20. The molecule has 0 amide bonds.